The van der Waals surface area contributed by atoms with Crippen LogP contribution < -0.4 is 10.2 Å². The van der Waals surface area contributed by atoms with E-state index in [1.165, 1.54) is 4.90 Å². The predicted octanol–water partition coefficient (Wildman–Crippen LogP) is 4.09. The van der Waals surface area contributed by atoms with Crippen LogP contribution in [-0.4, -0.2) is 50.6 Å². The van der Waals surface area contributed by atoms with E-state index in [0.717, 1.165) is 17.5 Å². The normalized spacial score (nSPS) is 27.9. The van der Waals surface area contributed by atoms with Crippen LogP contribution in [0.25, 0.3) is 0 Å². The fourth-order valence-electron chi connectivity index (χ4n) is 6.59. The number of rotatable bonds is 7. The standard InChI is InChI=1S/C29H32F3N5O3/c1-27(10-20(38)11-27)33-14-17-7-22-23(24(8-17)29(30,31)32)15-37(25(22)39)19-6-4-5-18(9-19)28(12-21(13-28)40-3)26-35-34-16-36(26)2/h4-9,16,20-21,33,38H,10-15H2,1-3H3. The molecule has 0 spiro atoms. The third-order valence-electron chi connectivity index (χ3n) is 8.83. The highest BCUT2D eigenvalue weighted by Gasteiger charge is 2.50. The molecule has 0 unspecified atom stereocenters. The van der Waals surface area contributed by atoms with Crippen LogP contribution in [0.2, 0.25) is 0 Å². The van der Waals surface area contributed by atoms with Gasteiger partial charge in [0.25, 0.3) is 5.91 Å². The Bertz CT molecular complexity index is 1460. The van der Waals surface area contributed by atoms with E-state index in [2.05, 4.69) is 15.5 Å². The topological polar surface area (TPSA) is 92.5 Å². The fourth-order valence-corrected chi connectivity index (χ4v) is 6.59. The van der Waals surface area contributed by atoms with Crippen LogP contribution in [0.4, 0.5) is 18.9 Å². The van der Waals surface area contributed by atoms with E-state index in [1.54, 1.807) is 25.6 Å². The molecule has 1 amide bonds. The lowest BCUT2D eigenvalue weighted by molar-refractivity contribution is -0.138. The van der Waals surface area contributed by atoms with Crippen LogP contribution in [0.1, 0.15) is 71.0 Å². The molecule has 3 aromatic rings. The van der Waals surface area contributed by atoms with E-state index in [1.807, 2.05) is 36.7 Å². The van der Waals surface area contributed by atoms with Gasteiger partial charge in [-0.25, -0.2) is 0 Å². The molecule has 0 radical (unpaired) electrons. The van der Waals surface area contributed by atoms with Gasteiger partial charge in [0.1, 0.15) is 12.2 Å². The number of methoxy groups -OCH3 is 1. The van der Waals surface area contributed by atoms with Crippen molar-refractivity contribution in [3.8, 4) is 0 Å². The molecule has 2 heterocycles. The number of alkyl halides is 3. The third-order valence-corrected chi connectivity index (χ3v) is 8.83. The molecule has 8 nitrogen and oxygen atoms in total. The number of carbonyl (C=O) groups excluding carboxylic acids is 1. The number of hydrogen-bond acceptors (Lipinski definition) is 6. The number of aliphatic hydroxyl groups excluding tert-OH is 1. The van der Waals surface area contributed by atoms with Gasteiger partial charge in [-0.3, -0.25) is 4.79 Å². The minimum Gasteiger partial charge on any atom is -0.393 e. The third kappa shape index (κ3) is 4.40. The molecule has 2 fully saturated rings. The lowest BCUT2D eigenvalue weighted by Gasteiger charge is -2.46. The minimum atomic E-state index is -4.61. The molecule has 2 aromatic carbocycles. The van der Waals surface area contributed by atoms with Crippen LogP contribution in [0.15, 0.2) is 42.7 Å². The zero-order chi connectivity index (χ0) is 28.4. The number of anilines is 1. The van der Waals surface area contributed by atoms with E-state index in [9.17, 15) is 23.1 Å². The second-order valence-electron chi connectivity index (χ2n) is 11.7. The van der Waals surface area contributed by atoms with Crippen molar-refractivity contribution in [1.29, 1.82) is 0 Å². The highest BCUT2D eigenvalue weighted by Crippen LogP contribution is 2.50. The summed E-state index contributed by atoms with van der Waals surface area (Å²) in [5, 5.41) is 21.3. The molecule has 1 aliphatic heterocycles. The van der Waals surface area contributed by atoms with Gasteiger partial charge in [-0.15, -0.1) is 10.2 Å². The molecule has 212 valence electrons. The molecule has 0 bridgehead atoms. The molecular weight excluding hydrogens is 523 g/mol. The molecule has 2 aliphatic carbocycles. The summed E-state index contributed by atoms with van der Waals surface area (Å²) < 4.78 is 50.1. The Morgan fingerprint density at radius 1 is 1.18 bits per heavy atom. The maximum atomic E-state index is 14.2. The van der Waals surface area contributed by atoms with E-state index in [-0.39, 0.29) is 35.9 Å². The summed E-state index contributed by atoms with van der Waals surface area (Å²) in [4.78, 5) is 15.0. The molecule has 11 heteroatoms. The van der Waals surface area contributed by atoms with E-state index >= 15 is 0 Å². The quantitative estimate of drug-likeness (QED) is 0.456. The lowest BCUT2D eigenvalue weighted by atomic mass is 9.62. The summed E-state index contributed by atoms with van der Waals surface area (Å²) in [7, 11) is 3.54. The Morgan fingerprint density at radius 3 is 2.55 bits per heavy atom. The van der Waals surface area contributed by atoms with Gasteiger partial charge in [-0.2, -0.15) is 13.2 Å². The smallest absolute Gasteiger partial charge is 0.393 e. The van der Waals surface area contributed by atoms with Crippen molar-refractivity contribution in [3.05, 3.63) is 76.4 Å². The first-order valence-electron chi connectivity index (χ1n) is 13.4. The average molecular weight is 556 g/mol. The first kappa shape index (κ1) is 26.9. The van der Waals surface area contributed by atoms with Crippen molar-refractivity contribution in [1.82, 2.24) is 20.1 Å². The van der Waals surface area contributed by atoms with Gasteiger partial charge in [0.2, 0.25) is 0 Å². The molecule has 2 N–H and O–H groups in total. The molecule has 6 rings (SSSR count). The van der Waals surface area contributed by atoms with Crippen molar-refractivity contribution in [2.75, 3.05) is 12.0 Å². The SMILES string of the molecule is COC1CC(c2cccc(N3Cc4c(cc(CNC5(C)CC(O)C5)cc4C(F)(F)F)C3=O)c2)(c2nncn2C)C1. The average Bonchev–Trinajstić information content (AvgIpc) is 3.44. The molecule has 1 aromatic heterocycles. The minimum absolute atomic E-state index is 0.0111. The maximum Gasteiger partial charge on any atom is 0.416 e. The number of hydrogen-bond donors (Lipinski definition) is 2. The van der Waals surface area contributed by atoms with Crippen LogP contribution in [0.3, 0.4) is 0 Å². The Hall–Kier alpha value is -3.28. The Kier molecular flexibility index (Phi) is 6.32. The first-order valence-corrected chi connectivity index (χ1v) is 13.4. The highest BCUT2D eigenvalue weighted by atomic mass is 19.4. The fraction of sp³-hybridized carbons (Fsp3) is 0.483. The second-order valence-corrected chi connectivity index (χ2v) is 11.7. The van der Waals surface area contributed by atoms with E-state index in [4.69, 9.17) is 4.74 Å². The molecule has 0 saturated heterocycles. The number of aliphatic hydroxyl groups is 1. The number of fused-ring (bicyclic) bond motifs is 1. The zero-order valence-electron chi connectivity index (χ0n) is 22.6. The Balaban J connectivity index is 1.32. The number of benzene rings is 2. The van der Waals surface area contributed by atoms with Crippen molar-refractivity contribution in [2.24, 2.45) is 7.05 Å². The van der Waals surface area contributed by atoms with Gasteiger partial charge in [0.15, 0.2) is 0 Å². The van der Waals surface area contributed by atoms with Gasteiger partial charge in [0, 0.05) is 37.5 Å². The lowest BCUT2D eigenvalue weighted by Crippen LogP contribution is -2.54. The van der Waals surface area contributed by atoms with Gasteiger partial charge >= 0.3 is 6.18 Å². The summed E-state index contributed by atoms with van der Waals surface area (Å²) in [6.07, 6.45) is -0.892. The van der Waals surface area contributed by atoms with Gasteiger partial charge < -0.3 is 24.6 Å². The Morgan fingerprint density at radius 2 is 1.93 bits per heavy atom. The van der Waals surface area contributed by atoms with Gasteiger partial charge in [-0.05, 0) is 73.6 Å². The number of aromatic nitrogens is 3. The van der Waals surface area contributed by atoms with E-state index in [0.29, 0.717) is 36.9 Å². The zero-order valence-corrected chi connectivity index (χ0v) is 22.6. The van der Waals surface area contributed by atoms with Crippen molar-refractivity contribution >= 4 is 11.6 Å². The van der Waals surface area contributed by atoms with Crippen LogP contribution in [0, 0.1) is 0 Å². The summed E-state index contributed by atoms with van der Waals surface area (Å²) in [5.41, 5.74) is 0.294. The maximum absolute atomic E-state index is 14.2. The molecule has 0 atom stereocenters. The van der Waals surface area contributed by atoms with Crippen molar-refractivity contribution in [2.45, 2.75) is 75.0 Å². The number of carbonyl (C=O) groups is 1. The predicted molar refractivity (Wildman–Crippen MR) is 141 cm³/mol. The van der Waals surface area contributed by atoms with Crippen molar-refractivity contribution < 1.29 is 27.8 Å². The molecule has 3 aliphatic rings. The number of ether oxygens (including phenoxy) is 1. The monoisotopic (exact) mass is 555 g/mol. The van der Waals surface area contributed by atoms with Crippen LogP contribution in [0.5, 0.6) is 0 Å². The second kappa shape index (κ2) is 9.39. The van der Waals surface area contributed by atoms with Crippen molar-refractivity contribution in [3.63, 3.8) is 0 Å². The number of nitrogens with zero attached hydrogens (tertiary/aromatic N) is 4. The van der Waals surface area contributed by atoms with Gasteiger partial charge in [0.05, 0.1) is 29.7 Å². The summed E-state index contributed by atoms with van der Waals surface area (Å²) in [6.45, 7) is 1.94. The number of halogens is 3. The highest BCUT2D eigenvalue weighted by molar-refractivity contribution is 6.10. The van der Waals surface area contributed by atoms with Gasteiger partial charge in [-0.1, -0.05) is 12.1 Å². The van der Waals surface area contributed by atoms with E-state index < -0.39 is 29.2 Å². The summed E-state index contributed by atoms with van der Waals surface area (Å²) in [6, 6.07) is 10.1. The number of amides is 1. The van der Waals surface area contributed by atoms with Crippen LogP contribution in [-0.2, 0) is 36.5 Å². The number of nitrogens with one attached hydrogen (secondary N) is 1. The molecular formula is C29H32F3N5O3. The molecule has 2 saturated carbocycles. The molecule has 40 heavy (non-hydrogen) atoms. The number of aryl methyl sites for hydroxylation is 1. The Labute approximate surface area is 230 Å². The first-order chi connectivity index (χ1) is 18.9. The largest absolute Gasteiger partial charge is 0.416 e. The van der Waals surface area contributed by atoms with Crippen LogP contribution >= 0.6 is 0 Å². The summed E-state index contributed by atoms with van der Waals surface area (Å²) >= 11 is 0. The summed E-state index contributed by atoms with van der Waals surface area (Å²) in [5.74, 6) is 0.319.